The molecule has 0 aliphatic heterocycles. The third kappa shape index (κ3) is 6.23. The van der Waals surface area contributed by atoms with Gasteiger partial charge in [-0.05, 0) is 53.6 Å². The summed E-state index contributed by atoms with van der Waals surface area (Å²) in [5.74, 6) is 0.715. The molecule has 0 atom stereocenters. The molecule has 0 radical (unpaired) electrons. The maximum Gasteiger partial charge on any atom is 0.254 e. The number of hydrogen-bond acceptors (Lipinski definition) is 5. The van der Waals surface area contributed by atoms with Gasteiger partial charge < -0.3 is 15.0 Å². The minimum Gasteiger partial charge on any atom is -0.497 e. The number of amides is 1. The fourth-order valence-electron chi connectivity index (χ4n) is 3.74. The van der Waals surface area contributed by atoms with Gasteiger partial charge in [-0.1, -0.05) is 48.5 Å². The molecule has 1 aliphatic rings. The highest BCUT2D eigenvalue weighted by molar-refractivity contribution is 6.06. The predicted octanol–water partition coefficient (Wildman–Crippen LogP) is 5.80. The van der Waals surface area contributed by atoms with Gasteiger partial charge in [-0.2, -0.15) is 0 Å². The Hall–Kier alpha value is -4.65. The molecule has 3 aromatic rings. The summed E-state index contributed by atoms with van der Waals surface area (Å²) in [6.45, 7) is 0.437. The van der Waals surface area contributed by atoms with Gasteiger partial charge in [0, 0.05) is 35.1 Å². The monoisotopic (exact) mass is 467 g/mol. The van der Waals surface area contributed by atoms with Gasteiger partial charge in [0.2, 0.25) is 6.20 Å². The maximum atomic E-state index is 13.6. The lowest BCUT2D eigenvalue weighted by atomic mass is 10.1. The van der Waals surface area contributed by atoms with Crippen LogP contribution in [0.4, 0.5) is 11.4 Å². The molecular formula is C28H25N3O4. The predicted molar refractivity (Wildman–Crippen MR) is 138 cm³/mol. The number of nitrogens with zero attached hydrogens (tertiary/aromatic N) is 2. The first-order valence-corrected chi connectivity index (χ1v) is 11.1. The summed E-state index contributed by atoms with van der Waals surface area (Å²) in [5.41, 5.74) is 5.00. The van der Waals surface area contributed by atoms with Crippen LogP contribution in [-0.2, 0) is 11.3 Å². The number of benzene rings is 3. The Balaban J connectivity index is 1.43. The maximum absolute atomic E-state index is 13.6. The molecule has 7 nitrogen and oxygen atoms in total. The number of nitro groups is 1. The van der Waals surface area contributed by atoms with Gasteiger partial charge >= 0.3 is 0 Å². The number of para-hydroxylation sites is 1. The molecule has 0 saturated carbocycles. The van der Waals surface area contributed by atoms with Crippen LogP contribution in [0.25, 0.3) is 6.08 Å². The van der Waals surface area contributed by atoms with Crippen LogP contribution in [0, 0.1) is 10.1 Å². The summed E-state index contributed by atoms with van der Waals surface area (Å²) in [4.78, 5) is 25.3. The van der Waals surface area contributed by atoms with Crippen LogP contribution < -0.4 is 15.0 Å². The summed E-state index contributed by atoms with van der Waals surface area (Å²) in [6.07, 6.45) is 6.59. The second-order valence-corrected chi connectivity index (χ2v) is 7.98. The Morgan fingerprint density at radius 3 is 2.40 bits per heavy atom. The van der Waals surface area contributed by atoms with E-state index in [-0.39, 0.29) is 5.91 Å². The normalized spacial score (nSPS) is 12.7. The van der Waals surface area contributed by atoms with E-state index in [4.69, 9.17) is 4.74 Å². The largest absolute Gasteiger partial charge is 0.497 e. The Labute approximate surface area is 203 Å². The lowest BCUT2D eigenvalue weighted by Gasteiger charge is -2.24. The van der Waals surface area contributed by atoms with Crippen LogP contribution in [0.5, 0.6) is 5.75 Å². The van der Waals surface area contributed by atoms with Crippen molar-refractivity contribution in [2.75, 3.05) is 17.3 Å². The van der Waals surface area contributed by atoms with Gasteiger partial charge in [0.15, 0.2) is 0 Å². The average Bonchev–Trinajstić information content (AvgIpc) is 3.36. The van der Waals surface area contributed by atoms with E-state index >= 15 is 0 Å². The SMILES string of the molecule is COc1ccc(CN(C(=O)C2=CC=C(Nc3ccc(/C=C\[N+](=O)[O-])cc3)C2)c2ccccc2)cc1. The van der Waals surface area contributed by atoms with Gasteiger partial charge in [-0.15, -0.1) is 0 Å². The van der Waals surface area contributed by atoms with Gasteiger partial charge in [0.05, 0.1) is 18.6 Å². The second kappa shape index (κ2) is 11.0. The molecule has 0 heterocycles. The number of carbonyl (C=O) groups is 1. The number of allylic oxidation sites excluding steroid dienone is 3. The highest BCUT2D eigenvalue weighted by Gasteiger charge is 2.23. The number of nitrogens with one attached hydrogen (secondary N) is 1. The van der Waals surface area contributed by atoms with Crippen molar-refractivity contribution >= 4 is 23.4 Å². The number of anilines is 2. The molecule has 0 fully saturated rings. The van der Waals surface area contributed by atoms with E-state index in [9.17, 15) is 14.9 Å². The van der Waals surface area contributed by atoms with E-state index < -0.39 is 4.92 Å². The first kappa shape index (κ1) is 23.5. The number of hydrogen-bond donors (Lipinski definition) is 1. The molecule has 1 amide bonds. The molecule has 7 heteroatoms. The van der Waals surface area contributed by atoms with Gasteiger partial charge in [0.25, 0.3) is 5.91 Å². The Morgan fingerprint density at radius 1 is 1.03 bits per heavy atom. The molecule has 0 aromatic heterocycles. The van der Waals surface area contributed by atoms with Crippen LogP contribution in [-0.4, -0.2) is 17.9 Å². The van der Waals surface area contributed by atoms with Crippen molar-refractivity contribution < 1.29 is 14.5 Å². The summed E-state index contributed by atoms with van der Waals surface area (Å²) >= 11 is 0. The molecule has 176 valence electrons. The van der Waals surface area contributed by atoms with Crippen LogP contribution >= 0.6 is 0 Å². The lowest BCUT2D eigenvalue weighted by Crippen LogP contribution is -2.31. The Morgan fingerprint density at radius 2 is 1.74 bits per heavy atom. The molecule has 1 N–H and O–H groups in total. The fraction of sp³-hybridized carbons (Fsp3) is 0.107. The summed E-state index contributed by atoms with van der Waals surface area (Å²) in [7, 11) is 1.63. The van der Waals surface area contributed by atoms with E-state index in [2.05, 4.69) is 5.32 Å². The summed E-state index contributed by atoms with van der Waals surface area (Å²) in [6, 6.07) is 24.6. The molecule has 0 saturated heterocycles. The van der Waals surface area contributed by atoms with Gasteiger partial charge in [-0.25, -0.2) is 0 Å². The lowest BCUT2D eigenvalue weighted by molar-refractivity contribution is -0.400. The highest BCUT2D eigenvalue weighted by atomic mass is 16.6. The quantitative estimate of drug-likeness (QED) is 0.317. The van der Waals surface area contributed by atoms with Gasteiger partial charge in [-0.3, -0.25) is 14.9 Å². The molecule has 1 aliphatic carbocycles. The van der Waals surface area contributed by atoms with Crippen molar-refractivity contribution in [1.29, 1.82) is 0 Å². The molecule has 3 aromatic carbocycles. The zero-order valence-electron chi connectivity index (χ0n) is 19.3. The molecule has 0 spiro atoms. The minimum atomic E-state index is -0.493. The molecule has 0 bridgehead atoms. The van der Waals surface area contributed by atoms with E-state index in [0.29, 0.717) is 18.5 Å². The van der Waals surface area contributed by atoms with Crippen molar-refractivity contribution in [2.45, 2.75) is 13.0 Å². The Kier molecular flexibility index (Phi) is 7.37. The van der Waals surface area contributed by atoms with Crippen LogP contribution in [0.3, 0.4) is 0 Å². The molecule has 4 rings (SSSR count). The van der Waals surface area contributed by atoms with Crippen molar-refractivity contribution in [3.8, 4) is 5.75 Å². The minimum absolute atomic E-state index is 0.0552. The third-order valence-electron chi connectivity index (χ3n) is 5.56. The third-order valence-corrected chi connectivity index (χ3v) is 5.56. The van der Waals surface area contributed by atoms with Crippen molar-refractivity contribution in [3.05, 3.63) is 130 Å². The van der Waals surface area contributed by atoms with Crippen molar-refractivity contribution in [2.24, 2.45) is 0 Å². The second-order valence-electron chi connectivity index (χ2n) is 7.98. The number of methoxy groups -OCH3 is 1. The van der Waals surface area contributed by atoms with E-state index in [1.54, 1.807) is 24.1 Å². The topological polar surface area (TPSA) is 84.7 Å². The van der Waals surface area contributed by atoms with Gasteiger partial charge in [0.1, 0.15) is 5.75 Å². The zero-order chi connectivity index (χ0) is 24.6. The number of rotatable bonds is 9. The standard InChI is InChI=1S/C28H25N3O4/c1-35-27-15-9-22(10-16-27)20-30(26-5-3-2-4-6-26)28(32)23-11-14-25(19-23)29-24-12-7-21(8-13-24)17-18-31(33)34/h2-18,29H,19-20H2,1H3/b18-17-. The van der Waals surface area contributed by atoms with Crippen LogP contribution in [0.1, 0.15) is 17.5 Å². The Bertz CT molecular complexity index is 1280. The first-order chi connectivity index (χ1) is 17.0. The number of carbonyl (C=O) groups excluding carboxylic acids is 1. The summed E-state index contributed by atoms with van der Waals surface area (Å²) in [5, 5.41) is 13.8. The first-order valence-electron chi connectivity index (χ1n) is 11.1. The highest BCUT2D eigenvalue weighted by Crippen LogP contribution is 2.27. The average molecular weight is 468 g/mol. The molecule has 0 unspecified atom stereocenters. The van der Waals surface area contributed by atoms with Crippen molar-refractivity contribution in [1.82, 2.24) is 0 Å². The molecule has 35 heavy (non-hydrogen) atoms. The van der Waals surface area contributed by atoms with Crippen LogP contribution in [0.15, 0.2) is 108 Å². The number of ether oxygens (including phenoxy) is 1. The summed E-state index contributed by atoms with van der Waals surface area (Å²) < 4.78 is 5.24. The van der Waals surface area contributed by atoms with E-state index in [1.165, 1.54) is 6.08 Å². The van der Waals surface area contributed by atoms with Crippen LogP contribution in [0.2, 0.25) is 0 Å². The van der Waals surface area contributed by atoms with Crippen molar-refractivity contribution in [3.63, 3.8) is 0 Å². The molecular weight excluding hydrogens is 442 g/mol. The fourth-order valence-corrected chi connectivity index (χ4v) is 3.74. The smallest absolute Gasteiger partial charge is 0.254 e. The van der Waals surface area contributed by atoms with E-state index in [1.807, 2.05) is 78.9 Å². The zero-order valence-corrected chi connectivity index (χ0v) is 19.3. The van der Waals surface area contributed by atoms with E-state index in [0.717, 1.165) is 40.1 Å².